The van der Waals surface area contributed by atoms with E-state index in [0.717, 1.165) is 0 Å². The molecule has 2 rings (SSSR count). The van der Waals surface area contributed by atoms with E-state index in [1.165, 1.54) is 35.5 Å². The molecule has 1 aromatic heterocycles. The predicted octanol–water partition coefficient (Wildman–Crippen LogP) is 0.0505. The molecule has 0 saturated carbocycles. The van der Waals surface area contributed by atoms with Crippen LogP contribution in [0.25, 0.3) is 0 Å². The fraction of sp³-hybridized carbons (Fsp3) is 0.250. The first-order valence-corrected chi connectivity index (χ1v) is 9.28. The molecule has 0 radical (unpaired) electrons. The Hall–Kier alpha value is -3.05. The van der Waals surface area contributed by atoms with Crippen LogP contribution in [0.2, 0.25) is 0 Å². The normalized spacial score (nSPS) is 10.9. The average molecular weight is 393 g/mol. The first-order valence-electron chi connectivity index (χ1n) is 7.74. The van der Waals surface area contributed by atoms with Crippen LogP contribution in [-0.2, 0) is 24.3 Å². The highest BCUT2D eigenvalue weighted by Gasteiger charge is 2.15. The summed E-state index contributed by atoms with van der Waals surface area (Å²) in [5.74, 6) is -0.922. The van der Waals surface area contributed by atoms with E-state index in [1.54, 1.807) is 20.0 Å². The van der Waals surface area contributed by atoms with Gasteiger partial charge in [0, 0.05) is 25.1 Å². The number of aromatic nitrogens is 2. The molecule has 0 aliphatic carbocycles. The molecule has 27 heavy (non-hydrogen) atoms. The van der Waals surface area contributed by atoms with Crippen LogP contribution in [0.1, 0.15) is 5.56 Å². The van der Waals surface area contributed by atoms with Gasteiger partial charge in [-0.25, -0.2) is 23.5 Å². The summed E-state index contributed by atoms with van der Waals surface area (Å²) in [6, 6.07) is 5.91. The van der Waals surface area contributed by atoms with Crippen LogP contribution >= 0.6 is 0 Å². The van der Waals surface area contributed by atoms with Crippen LogP contribution in [0.5, 0.6) is 0 Å². The van der Waals surface area contributed by atoms with Crippen molar-refractivity contribution in [3.63, 3.8) is 0 Å². The smallest absolute Gasteiger partial charge is 0.326 e. The number of nitrogens with zero attached hydrogens (tertiary/aromatic N) is 3. The maximum atomic E-state index is 11.9. The highest BCUT2D eigenvalue weighted by Crippen LogP contribution is 2.18. The molecule has 1 amide bonds. The number of ether oxygens (including phenoxy) is 1. The van der Waals surface area contributed by atoms with Gasteiger partial charge in [-0.3, -0.25) is 9.59 Å². The summed E-state index contributed by atoms with van der Waals surface area (Å²) in [7, 11) is -2.30. The standard InChI is InChI=1S/C16H19N5O5S/c1-11-4-5-12(8-13(11)27(17,24)25)20-14(22)10-26-15(23)9-21(2)16-18-6-3-7-19-16/h3-8H,9-10H2,1-2H3,(H,20,22)(H2,17,24,25). The summed E-state index contributed by atoms with van der Waals surface area (Å²) >= 11 is 0. The third-order valence-corrected chi connectivity index (χ3v) is 4.46. The van der Waals surface area contributed by atoms with Crippen molar-refractivity contribution in [3.8, 4) is 0 Å². The van der Waals surface area contributed by atoms with Crippen molar-refractivity contribution in [2.24, 2.45) is 5.14 Å². The van der Waals surface area contributed by atoms with E-state index in [4.69, 9.17) is 9.88 Å². The molecule has 0 bridgehead atoms. The monoisotopic (exact) mass is 393 g/mol. The maximum absolute atomic E-state index is 11.9. The highest BCUT2D eigenvalue weighted by molar-refractivity contribution is 7.89. The molecule has 11 heteroatoms. The fourth-order valence-corrected chi connectivity index (χ4v) is 2.93. The lowest BCUT2D eigenvalue weighted by molar-refractivity contribution is -0.145. The molecule has 0 spiro atoms. The zero-order valence-electron chi connectivity index (χ0n) is 14.7. The van der Waals surface area contributed by atoms with Gasteiger partial charge in [0.2, 0.25) is 16.0 Å². The predicted molar refractivity (Wildman–Crippen MR) is 97.4 cm³/mol. The molecule has 1 aromatic carbocycles. The van der Waals surface area contributed by atoms with Gasteiger partial charge in [-0.05, 0) is 30.7 Å². The second-order valence-electron chi connectivity index (χ2n) is 5.64. The number of sulfonamides is 1. The van der Waals surface area contributed by atoms with Gasteiger partial charge in [-0.15, -0.1) is 0 Å². The van der Waals surface area contributed by atoms with Gasteiger partial charge in [0.05, 0.1) is 4.90 Å². The molecule has 0 aliphatic rings. The van der Waals surface area contributed by atoms with Gasteiger partial charge in [-0.2, -0.15) is 0 Å². The average Bonchev–Trinajstić information content (AvgIpc) is 2.61. The molecule has 2 aromatic rings. The topological polar surface area (TPSA) is 145 Å². The van der Waals surface area contributed by atoms with Crippen LogP contribution < -0.4 is 15.4 Å². The summed E-state index contributed by atoms with van der Waals surface area (Å²) in [5, 5.41) is 7.57. The van der Waals surface area contributed by atoms with Gasteiger partial charge < -0.3 is 15.0 Å². The quantitative estimate of drug-likeness (QED) is 0.628. The molecular formula is C16H19N5O5S. The van der Waals surface area contributed by atoms with Gasteiger partial charge in [-0.1, -0.05) is 6.07 Å². The van der Waals surface area contributed by atoms with Crippen LogP contribution in [0.4, 0.5) is 11.6 Å². The Morgan fingerprint density at radius 1 is 1.26 bits per heavy atom. The summed E-state index contributed by atoms with van der Waals surface area (Å²) in [5.41, 5.74) is 0.675. The number of hydrogen-bond donors (Lipinski definition) is 2. The molecule has 0 saturated heterocycles. The number of aryl methyl sites for hydroxylation is 1. The van der Waals surface area contributed by atoms with Gasteiger partial charge >= 0.3 is 5.97 Å². The van der Waals surface area contributed by atoms with Crippen LogP contribution in [0.15, 0.2) is 41.6 Å². The van der Waals surface area contributed by atoms with Crippen LogP contribution in [-0.4, -0.2) is 50.5 Å². The Labute approximate surface area is 156 Å². The summed E-state index contributed by atoms with van der Waals surface area (Å²) in [6.07, 6.45) is 3.07. The summed E-state index contributed by atoms with van der Waals surface area (Å²) in [4.78, 5) is 33.1. The lowest BCUT2D eigenvalue weighted by Crippen LogP contribution is -2.30. The Kier molecular flexibility index (Phi) is 6.42. The zero-order valence-corrected chi connectivity index (χ0v) is 15.6. The summed E-state index contributed by atoms with van der Waals surface area (Å²) < 4.78 is 27.9. The number of benzene rings is 1. The molecule has 144 valence electrons. The van der Waals surface area contributed by atoms with E-state index in [1.807, 2.05) is 0 Å². The number of anilines is 2. The number of rotatable bonds is 7. The van der Waals surface area contributed by atoms with Crippen molar-refractivity contribution in [2.75, 3.05) is 30.4 Å². The number of likely N-dealkylation sites (N-methyl/N-ethyl adjacent to an activating group) is 1. The van der Waals surface area contributed by atoms with E-state index in [0.29, 0.717) is 11.5 Å². The first kappa shape index (κ1) is 20.3. The van der Waals surface area contributed by atoms with Crippen LogP contribution in [0.3, 0.4) is 0 Å². The number of nitrogens with one attached hydrogen (secondary N) is 1. The van der Waals surface area contributed by atoms with E-state index >= 15 is 0 Å². The Bertz CT molecular complexity index is 933. The van der Waals surface area contributed by atoms with Gasteiger partial charge in [0.15, 0.2) is 6.61 Å². The van der Waals surface area contributed by atoms with Crippen molar-refractivity contribution in [3.05, 3.63) is 42.2 Å². The minimum Gasteiger partial charge on any atom is -0.454 e. The number of hydrogen-bond acceptors (Lipinski definition) is 8. The second-order valence-corrected chi connectivity index (χ2v) is 7.17. The Balaban J connectivity index is 1.88. The fourth-order valence-electron chi connectivity index (χ4n) is 2.13. The Morgan fingerprint density at radius 2 is 1.93 bits per heavy atom. The minimum atomic E-state index is -3.91. The van der Waals surface area contributed by atoms with E-state index < -0.39 is 28.5 Å². The van der Waals surface area contributed by atoms with Gasteiger partial charge in [0.25, 0.3) is 5.91 Å². The number of nitrogens with two attached hydrogens (primary N) is 1. The van der Waals surface area contributed by atoms with Crippen LogP contribution in [0, 0.1) is 6.92 Å². The van der Waals surface area contributed by atoms with E-state index in [-0.39, 0.29) is 17.1 Å². The molecule has 0 unspecified atom stereocenters. The number of primary sulfonamides is 1. The SMILES string of the molecule is Cc1ccc(NC(=O)COC(=O)CN(C)c2ncccn2)cc1S(N)(=O)=O. The molecule has 1 heterocycles. The number of esters is 1. The van der Waals surface area contributed by atoms with Crippen molar-refractivity contribution in [1.82, 2.24) is 9.97 Å². The van der Waals surface area contributed by atoms with Crippen molar-refractivity contribution in [1.29, 1.82) is 0 Å². The molecule has 10 nitrogen and oxygen atoms in total. The maximum Gasteiger partial charge on any atom is 0.326 e. The minimum absolute atomic E-state index is 0.0956. The Morgan fingerprint density at radius 3 is 2.56 bits per heavy atom. The van der Waals surface area contributed by atoms with Crippen molar-refractivity contribution >= 4 is 33.5 Å². The third-order valence-electron chi connectivity index (χ3n) is 3.40. The van der Waals surface area contributed by atoms with E-state index in [9.17, 15) is 18.0 Å². The largest absolute Gasteiger partial charge is 0.454 e. The second kappa shape index (κ2) is 8.56. The highest BCUT2D eigenvalue weighted by atomic mass is 32.2. The number of amides is 1. The van der Waals surface area contributed by atoms with Crippen molar-refractivity contribution in [2.45, 2.75) is 11.8 Å². The number of carbonyl (C=O) groups is 2. The molecule has 3 N–H and O–H groups in total. The number of carbonyl (C=O) groups excluding carboxylic acids is 2. The lowest BCUT2D eigenvalue weighted by atomic mass is 10.2. The molecule has 0 aliphatic heterocycles. The molecule has 0 fully saturated rings. The first-order chi connectivity index (χ1) is 12.7. The molecule has 0 atom stereocenters. The van der Waals surface area contributed by atoms with Crippen molar-refractivity contribution < 1.29 is 22.7 Å². The summed E-state index contributed by atoms with van der Waals surface area (Å²) in [6.45, 7) is 0.915. The molecular weight excluding hydrogens is 374 g/mol. The van der Waals surface area contributed by atoms with Gasteiger partial charge in [0.1, 0.15) is 6.54 Å². The lowest BCUT2D eigenvalue weighted by Gasteiger charge is -2.15. The third kappa shape index (κ3) is 6.01. The zero-order chi connectivity index (χ0) is 20.0. The van der Waals surface area contributed by atoms with E-state index in [2.05, 4.69) is 15.3 Å².